The van der Waals surface area contributed by atoms with Gasteiger partial charge in [0.05, 0.1) is 24.7 Å². The summed E-state index contributed by atoms with van der Waals surface area (Å²) in [5, 5.41) is 16.3. The van der Waals surface area contributed by atoms with Crippen LogP contribution in [0.15, 0.2) is 66.7 Å². The number of rotatable bonds is 18. The molecule has 3 amide bonds. The molecule has 2 aliphatic heterocycles. The third-order valence-electron chi connectivity index (χ3n) is 8.34. The number of nitrogens with one attached hydrogen (secondary N) is 2. The van der Waals surface area contributed by atoms with Gasteiger partial charge >= 0.3 is 12.1 Å². The van der Waals surface area contributed by atoms with Crippen molar-refractivity contribution in [2.24, 2.45) is 0 Å². The normalized spacial score (nSPS) is 16.3. The number of carbonyl (C=O) groups is 2. The number of cyclic esters (lactones) is 1. The molecular weight excluding hydrogens is 644 g/mol. The zero-order valence-corrected chi connectivity index (χ0v) is 28.7. The van der Waals surface area contributed by atoms with Crippen LogP contribution in [-0.2, 0) is 32.2 Å². The zero-order valence-electron chi connectivity index (χ0n) is 28.7. The second-order valence-corrected chi connectivity index (χ2v) is 12.8. The Morgan fingerprint density at radius 2 is 1.64 bits per heavy atom. The maximum absolute atomic E-state index is 12.5. The Bertz CT molecular complexity index is 1620. The first-order chi connectivity index (χ1) is 24.1. The molecule has 0 bridgehead atoms. The number of nitro benzene ring substituents is 1. The van der Waals surface area contributed by atoms with Crippen molar-refractivity contribution in [3.8, 4) is 5.75 Å². The number of amides is 3. The van der Waals surface area contributed by atoms with Gasteiger partial charge < -0.3 is 39.2 Å². The summed E-state index contributed by atoms with van der Waals surface area (Å²) in [6.45, 7) is 7.78. The summed E-state index contributed by atoms with van der Waals surface area (Å²) in [4.78, 5) is 37.0. The number of ether oxygens (including phenoxy) is 5. The lowest BCUT2D eigenvalue weighted by molar-refractivity contribution is -0.384. The Morgan fingerprint density at radius 1 is 0.920 bits per heavy atom. The molecule has 5 rings (SSSR count). The van der Waals surface area contributed by atoms with Crippen molar-refractivity contribution >= 4 is 29.2 Å². The molecule has 0 radical (unpaired) electrons. The highest BCUT2D eigenvalue weighted by atomic mass is 16.7. The largest absolute Gasteiger partial charge is 0.463 e. The van der Waals surface area contributed by atoms with E-state index in [1.165, 1.54) is 18.2 Å². The van der Waals surface area contributed by atoms with Crippen molar-refractivity contribution < 1.29 is 38.2 Å². The quantitative estimate of drug-likeness (QED) is 0.0770. The Kier molecular flexibility index (Phi) is 13.0. The van der Waals surface area contributed by atoms with Gasteiger partial charge in [0.25, 0.3) is 5.69 Å². The van der Waals surface area contributed by atoms with Crippen molar-refractivity contribution in [1.82, 2.24) is 4.90 Å². The molecule has 0 spiro atoms. The first-order valence-corrected chi connectivity index (χ1v) is 17.1. The molecule has 13 heteroatoms. The van der Waals surface area contributed by atoms with E-state index in [4.69, 9.17) is 23.7 Å². The number of unbranched alkanes of at least 4 members (excludes halogenated alkanes) is 4. The van der Waals surface area contributed by atoms with Crippen LogP contribution in [0, 0.1) is 10.1 Å². The van der Waals surface area contributed by atoms with Crippen LogP contribution in [0.5, 0.6) is 5.75 Å². The van der Waals surface area contributed by atoms with Crippen molar-refractivity contribution in [2.45, 2.75) is 77.5 Å². The van der Waals surface area contributed by atoms with Crippen LogP contribution in [-0.4, -0.2) is 60.6 Å². The molecule has 3 aromatic carbocycles. The summed E-state index contributed by atoms with van der Waals surface area (Å²) in [6, 6.07) is 18.5. The lowest BCUT2D eigenvalue weighted by Crippen LogP contribution is -2.35. The minimum Gasteiger partial charge on any atom is -0.463 e. The third kappa shape index (κ3) is 11.2. The molecule has 0 aromatic heterocycles. The van der Waals surface area contributed by atoms with E-state index in [9.17, 15) is 19.7 Å². The second-order valence-electron chi connectivity index (χ2n) is 12.8. The maximum atomic E-state index is 12.5. The molecule has 0 saturated carbocycles. The standard InChI is InChI=1S/C37H46N4O9/c1-37(2)48-26-29-22-28(15-16-33(29)50-37)34-24-40(36(43)49-34)17-6-4-3-5-7-18-46-19-10-20-47-25-27-11-8-12-30(21-27)38-35(42)39-31-13-9-14-32(23-31)41(44)45/h8-9,11-16,21-23,34H,3-7,10,17-20,24-26H2,1-2H3,(H2,38,39,42)/t34-/m0/s1. The predicted molar refractivity (Wildman–Crippen MR) is 187 cm³/mol. The van der Waals surface area contributed by atoms with Crippen LogP contribution in [0.25, 0.3) is 0 Å². The maximum Gasteiger partial charge on any atom is 0.410 e. The van der Waals surface area contributed by atoms with E-state index in [0.29, 0.717) is 57.5 Å². The molecule has 0 aliphatic carbocycles. The van der Waals surface area contributed by atoms with Gasteiger partial charge in [-0.15, -0.1) is 0 Å². The van der Waals surface area contributed by atoms with Crippen LogP contribution in [0.1, 0.15) is 75.2 Å². The first kappa shape index (κ1) is 36.6. The van der Waals surface area contributed by atoms with E-state index in [0.717, 1.165) is 61.0 Å². The monoisotopic (exact) mass is 690 g/mol. The van der Waals surface area contributed by atoms with Gasteiger partial charge in [-0.3, -0.25) is 10.1 Å². The number of urea groups is 1. The van der Waals surface area contributed by atoms with Crippen LogP contribution < -0.4 is 15.4 Å². The predicted octanol–water partition coefficient (Wildman–Crippen LogP) is 7.95. The zero-order chi connectivity index (χ0) is 35.3. The molecule has 50 heavy (non-hydrogen) atoms. The van der Waals surface area contributed by atoms with Crippen molar-refractivity contribution in [3.05, 3.63) is 93.5 Å². The number of anilines is 2. The molecular formula is C37H46N4O9. The summed E-state index contributed by atoms with van der Waals surface area (Å²) in [6.07, 6.45) is 5.38. The summed E-state index contributed by atoms with van der Waals surface area (Å²) < 4.78 is 28.8. The van der Waals surface area contributed by atoms with E-state index in [1.54, 1.807) is 17.0 Å². The average Bonchev–Trinajstić information content (AvgIpc) is 3.46. The lowest BCUT2D eigenvalue weighted by atomic mass is 10.0. The molecule has 1 fully saturated rings. The summed E-state index contributed by atoms with van der Waals surface area (Å²) in [7, 11) is 0. The second kappa shape index (κ2) is 17.8. The van der Waals surface area contributed by atoms with Gasteiger partial charge in [-0.25, -0.2) is 9.59 Å². The third-order valence-corrected chi connectivity index (χ3v) is 8.34. The summed E-state index contributed by atoms with van der Waals surface area (Å²) in [5.41, 5.74) is 3.65. The minimum atomic E-state index is -0.641. The van der Waals surface area contributed by atoms with E-state index >= 15 is 0 Å². The number of hydrogen-bond donors (Lipinski definition) is 2. The topological polar surface area (TPSA) is 151 Å². The smallest absolute Gasteiger partial charge is 0.410 e. The van der Waals surface area contributed by atoms with Gasteiger partial charge in [-0.1, -0.05) is 43.5 Å². The van der Waals surface area contributed by atoms with E-state index in [1.807, 2.05) is 50.2 Å². The molecule has 13 nitrogen and oxygen atoms in total. The van der Waals surface area contributed by atoms with Gasteiger partial charge in [0.2, 0.25) is 5.79 Å². The Balaban J connectivity index is 0.860. The minimum absolute atomic E-state index is 0.0996. The molecule has 0 unspecified atom stereocenters. The van der Waals surface area contributed by atoms with E-state index in [2.05, 4.69) is 10.6 Å². The molecule has 2 aliphatic rings. The van der Waals surface area contributed by atoms with Crippen molar-refractivity contribution in [1.29, 1.82) is 0 Å². The number of benzene rings is 3. The van der Waals surface area contributed by atoms with Crippen LogP contribution in [0.2, 0.25) is 0 Å². The summed E-state index contributed by atoms with van der Waals surface area (Å²) >= 11 is 0. The van der Waals surface area contributed by atoms with Crippen molar-refractivity contribution in [2.75, 3.05) is 43.5 Å². The Morgan fingerprint density at radius 3 is 2.46 bits per heavy atom. The van der Waals surface area contributed by atoms with E-state index in [-0.39, 0.29) is 17.9 Å². The Hall–Kier alpha value is -4.72. The molecule has 1 atom stereocenters. The highest BCUT2D eigenvalue weighted by Crippen LogP contribution is 2.35. The van der Waals surface area contributed by atoms with Gasteiger partial charge in [-0.2, -0.15) is 0 Å². The highest BCUT2D eigenvalue weighted by Gasteiger charge is 2.33. The number of hydrogen-bond acceptors (Lipinski definition) is 9. The number of carbonyl (C=O) groups excluding carboxylic acids is 2. The molecule has 1 saturated heterocycles. The molecule has 2 N–H and O–H groups in total. The molecule has 2 heterocycles. The molecule has 3 aromatic rings. The van der Waals surface area contributed by atoms with Gasteiger partial charge in [-0.05, 0) is 60.7 Å². The SMILES string of the molecule is CC1(C)OCc2cc([C@@H]3CN(CCCCCCCOCCCOCc4cccc(NC(=O)Nc5cccc([N+](=O)[O-])c5)c4)C(=O)O3)ccc2O1. The number of nitro groups is 1. The van der Waals surface area contributed by atoms with Crippen molar-refractivity contribution in [3.63, 3.8) is 0 Å². The van der Waals surface area contributed by atoms with Gasteiger partial charge in [0.15, 0.2) is 0 Å². The van der Waals surface area contributed by atoms with Crippen LogP contribution in [0.3, 0.4) is 0 Å². The fourth-order valence-electron chi connectivity index (χ4n) is 5.74. The average molecular weight is 691 g/mol. The summed E-state index contributed by atoms with van der Waals surface area (Å²) in [5.74, 6) is 0.169. The van der Waals surface area contributed by atoms with Gasteiger partial charge in [0.1, 0.15) is 11.9 Å². The van der Waals surface area contributed by atoms with Gasteiger partial charge in [0, 0.05) is 69.3 Å². The lowest BCUT2D eigenvalue weighted by Gasteiger charge is -2.32. The number of fused-ring (bicyclic) bond motifs is 1. The fraction of sp³-hybridized carbons (Fsp3) is 0.459. The highest BCUT2D eigenvalue weighted by molar-refractivity contribution is 5.99. The fourth-order valence-corrected chi connectivity index (χ4v) is 5.74. The van der Waals surface area contributed by atoms with E-state index < -0.39 is 16.7 Å². The van der Waals surface area contributed by atoms with Crippen LogP contribution >= 0.6 is 0 Å². The Labute approximate surface area is 292 Å². The first-order valence-electron chi connectivity index (χ1n) is 17.1. The number of nitrogens with zero attached hydrogens (tertiary/aromatic N) is 2. The van der Waals surface area contributed by atoms with Crippen LogP contribution in [0.4, 0.5) is 26.7 Å². The number of non-ortho nitro benzene ring substituents is 1. The molecule has 268 valence electrons.